The normalized spacial score (nSPS) is 24.8. The molecule has 2 aliphatic carbocycles. The number of rotatable bonds is 3. The second-order valence-corrected chi connectivity index (χ2v) is 6.49. The van der Waals surface area contributed by atoms with Gasteiger partial charge in [0.1, 0.15) is 0 Å². The van der Waals surface area contributed by atoms with Gasteiger partial charge in [-0.2, -0.15) is 0 Å². The number of Topliss-reactive ketones (excluding diaryl/α,β-unsaturated/α-hetero) is 1. The van der Waals surface area contributed by atoms with Crippen molar-refractivity contribution in [2.24, 2.45) is 5.92 Å². The first-order chi connectivity index (χ1) is 12.1. The van der Waals surface area contributed by atoms with E-state index in [4.69, 9.17) is 14.2 Å². The molecule has 0 amide bonds. The standard InChI is InChI=1S/C20H20O5/c1-2-23-17(21)13-16-18(22)14-5-3-4-6-15(14)19(16)7-9-20(10-8-19)24-11-12-25-20/h3-10,16H,2,11-13H2,1H3. The second kappa shape index (κ2) is 5.93. The molecule has 5 nitrogen and oxygen atoms in total. The summed E-state index contributed by atoms with van der Waals surface area (Å²) in [7, 11) is 0. The van der Waals surface area contributed by atoms with Crippen molar-refractivity contribution in [1.82, 2.24) is 0 Å². The zero-order valence-electron chi connectivity index (χ0n) is 14.1. The summed E-state index contributed by atoms with van der Waals surface area (Å²) >= 11 is 0. The molecule has 0 N–H and O–H groups in total. The molecular weight excluding hydrogens is 320 g/mol. The van der Waals surface area contributed by atoms with E-state index in [2.05, 4.69) is 0 Å². The van der Waals surface area contributed by atoms with Gasteiger partial charge in [-0.25, -0.2) is 0 Å². The molecule has 1 atom stereocenters. The summed E-state index contributed by atoms with van der Waals surface area (Å²) in [6, 6.07) is 7.52. The van der Waals surface area contributed by atoms with E-state index in [0.29, 0.717) is 25.4 Å². The number of fused-ring (bicyclic) bond motifs is 2. The molecule has 0 radical (unpaired) electrons. The van der Waals surface area contributed by atoms with Crippen LogP contribution in [0.5, 0.6) is 0 Å². The molecule has 1 aromatic rings. The first-order valence-electron chi connectivity index (χ1n) is 8.58. The van der Waals surface area contributed by atoms with Gasteiger partial charge in [0.15, 0.2) is 5.78 Å². The highest BCUT2D eigenvalue weighted by molar-refractivity contribution is 6.06. The molecule has 130 valence electrons. The molecule has 1 unspecified atom stereocenters. The zero-order valence-corrected chi connectivity index (χ0v) is 14.1. The van der Waals surface area contributed by atoms with Crippen LogP contribution in [0.15, 0.2) is 48.6 Å². The topological polar surface area (TPSA) is 61.8 Å². The lowest BCUT2D eigenvalue weighted by molar-refractivity contribution is -0.144. The Morgan fingerprint density at radius 1 is 1.16 bits per heavy atom. The van der Waals surface area contributed by atoms with Crippen molar-refractivity contribution < 1.29 is 23.8 Å². The Labute approximate surface area is 146 Å². The molecule has 1 saturated heterocycles. The van der Waals surface area contributed by atoms with E-state index < -0.39 is 17.1 Å². The van der Waals surface area contributed by atoms with Gasteiger partial charge >= 0.3 is 5.97 Å². The number of hydrogen-bond donors (Lipinski definition) is 0. The zero-order chi connectivity index (χ0) is 17.5. The van der Waals surface area contributed by atoms with Crippen LogP contribution in [0.25, 0.3) is 0 Å². The van der Waals surface area contributed by atoms with E-state index in [1.165, 1.54) is 0 Å². The third-order valence-corrected chi connectivity index (χ3v) is 5.15. The monoisotopic (exact) mass is 340 g/mol. The van der Waals surface area contributed by atoms with Crippen molar-refractivity contribution in [3.63, 3.8) is 0 Å². The summed E-state index contributed by atoms with van der Waals surface area (Å²) in [6.45, 7) is 3.13. The number of carbonyl (C=O) groups excluding carboxylic acids is 2. The maximum Gasteiger partial charge on any atom is 0.306 e. The highest BCUT2D eigenvalue weighted by atomic mass is 16.7. The number of allylic oxidation sites excluding steroid dienone is 2. The van der Waals surface area contributed by atoms with Gasteiger partial charge in [0, 0.05) is 16.9 Å². The number of ketones is 1. The Morgan fingerprint density at radius 2 is 1.84 bits per heavy atom. The Hall–Kier alpha value is -2.24. The van der Waals surface area contributed by atoms with Gasteiger partial charge in [0.25, 0.3) is 0 Å². The van der Waals surface area contributed by atoms with Crippen LogP contribution in [0.4, 0.5) is 0 Å². The highest BCUT2D eigenvalue weighted by Gasteiger charge is 2.52. The molecule has 1 aliphatic heterocycles. The van der Waals surface area contributed by atoms with Gasteiger partial charge in [0.05, 0.1) is 26.2 Å². The van der Waals surface area contributed by atoms with Crippen LogP contribution in [0.2, 0.25) is 0 Å². The van der Waals surface area contributed by atoms with Crippen molar-refractivity contribution in [2.45, 2.75) is 24.5 Å². The Balaban J connectivity index is 1.75. The minimum Gasteiger partial charge on any atom is -0.466 e. The highest BCUT2D eigenvalue weighted by Crippen LogP contribution is 2.50. The number of ether oxygens (including phenoxy) is 3. The van der Waals surface area contributed by atoms with Crippen LogP contribution in [0.1, 0.15) is 29.3 Å². The minimum atomic E-state index is -0.847. The SMILES string of the molecule is CCOC(=O)CC1C(=O)c2ccccc2C12C=CC1(C=C2)OCCO1. The molecule has 0 saturated carbocycles. The Kier molecular flexibility index (Phi) is 3.85. The molecule has 2 spiro atoms. The smallest absolute Gasteiger partial charge is 0.306 e. The fourth-order valence-corrected chi connectivity index (χ4v) is 3.98. The molecule has 1 heterocycles. The quantitative estimate of drug-likeness (QED) is 0.625. The van der Waals surface area contributed by atoms with E-state index in [1.807, 2.05) is 48.6 Å². The summed E-state index contributed by atoms with van der Waals surface area (Å²) in [6.07, 6.45) is 7.66. The van der Waals surface area contributed by atoms with Crippen molar-refractivity contribution in [3.05, 3.63) is 59.7 Å². The average molecular weight is 340 g/mol. The summed E-state index contributed by atoms with van der Waals surface area (Å²) in [4.78, 5) is 25.1. The summed E-state index contributed by atoms with van der Waals surface area (Å²) in [5, 5.41) is 0. The molecule has 0 bridgehead atoms. The van der Waals surface area contributed by atoms with Crippen molar-refractivity contribution in [1.29, 1.82) is 0 Å². The Morgan fingerprint density at radius 3 is 2.52 bits per heavy atom. The van der Waals surface area contributed by atoms with Crippen LogP contribution in [-0.2, 0) is 24.4 Å². The summed E-state index contributed by atoms with van der Waals surface area (Å²) in [5.41, 5.74) is 0.908. The van der Waals surface area contributed by atoms with Crippen LogP contribution >= 0.6 is 0 Å². The molecule has 1 fully saturated rings. The largest absolute Gasteiger partial charge is 0.466 e. The van der Waals surface area contributed by atoms with E-state index in [0.717, 1.165) is 5.56 Å². The van der Waals surface area contributed by atoms with Gasteiger partial charge < -0.3 is 14.2 Å². The molecular formula is C20H20O5. The summed E-state index contributed by atoms with van der Waals surface area (Å²) < 4.78 is 16.5. The lowest BCUT2D eigenvalue weighted by atomic mass is 9.70. The van der Waals surface area contributed by atoms with Crippen molar-refractivity contribution in [2.75, 3.05) is 19.8 Å². The van der Waals surface area contributed by atoms with Crippen LogP contribution in [-0.4, -0.2) is 37.4 Å². The fourth-order valence-electron chi connectivity index (χ4n) is 3.98. The molecule has 3 aliphatic rings. The van der Waals surface area contributed by atoms with Crippen LogP contribution < -0.4 is 0 Å². The molecule has 4 rings (SSSR count). The molecule has 25 heavy (non-hydrogen) atoms. The van der Waals surface area contributed by atoms with Gasteiger partial charge in [0.2, 0.25) is 5.79 Å². The third-order valence-electron chi connectivity index (χ3n) is 5.15. The minimum absolute atomic E-state index is 0.0258. The number of hydrogen-bond acceptors (Lipinski definition) is 5. The first-order valence-corrected chi connectivity index (χ1v) is 8.58. The summed E-state index contributed by atoms with van der Waals surface area (Å²) in [5.74, 6) is -1.75. The van der Waals surface area contributed by atoms with Crippen molar-refractivity contribution >= 4 is 11.8 Å². The lowest BCUT2D eigenvalue weighted by Gasteiger charge is -2.35. The average Bonchev–Trinajstić information content (AvgIpc) is 3.16. The van der Waals surface area contributed by atoms with Gasteiger partial charge in [-0.15, -0.1) is 0 Å². The fraction of sp³-hybridized carbons (Fsp3) is 0.400. The molecule has 5 heteroatoms. The molecule has 1 aromatic carbocycles. The second-order valence-electron chi connectivity index (χ2n) is 6.49. The maximum atomic E-state index is 13.0. The van der Waals surface area contributed by atoms with Gasteiger partial charge in [-0.1, -0.05) is 36.4 Å². The number of esters is 1. The van der Waals surface area contributed by atoms with Crippen LogP contribution in [0.3, 0.4) is 0 Å². The van der Waals surface area contributed by atoms with Gasteiger partial charge in [-0.05, 0) is 24.6 Å². The predicted molar refractivity (Wildman–Crippen MR) is 90.1 cm³/mol. The van der Waals surface area contributed by atoms with E-state index in [-0.39, 0.29) is 18.2 Å². The van der Waals surface area contributed by atoms with Crippen LogP contribution in [0, 0.1) is 5.92 Å². The van der Waals surface area contributed by atoms with Crippen molar-refractivity contribution in [3.8, 4) is 0 Å². The lowest BCUT2D eigenvalue weighted by Crippen LogP contribution is -2.37. The Bertz CT molecular complexity index is 754. The number of carbonyl (C=O) groups is 2. The number of benzene rings is 1. The van der Waals surface area contributed by atoms with E-state index in [9.17, 15) is 9.59 Å². The van der Waals surface area contributed by atoms with E-state index in [1.54, 1.807) is 6.92 Å². The first kappa shape index (κ1) is 16.2. The predicted octanol–water partition coefficient (Wildman–Crippen LogP) is 2.56. The van der Waals surface area contributed by atoms with E-state index >= 15 is 0 Å². The maximum absolute atomic E-state index is 13.0. The third kappa shape index (κ3) is 2.46. The molecule has 0 aromatic heterocycles. The van der Waals surface area contributed by atoms with Gasteiger partial charge in [-0.3, -0.25) is 9.59 Å².